The molecule has 2 heterocycles. The molecule has 7 heteroatoms. The molecule has 0 aliphatic carbocycles. The number of rotatable bonds is 9. The number of nitrogens with zero attached hydrogens (tertiary/aromatic N) is 2. The number of thiophene rings is 1. The highest BCUT2D eigenvalue weighted by molar-refractivity contribution is 7.17. The molecule has 29 heavy (non-hydrogen) atoms. The molecule has 0 radical (unpaired) electrons. The van der Waals surface area contributed by atoms with Gasteiger partial charge in [0.15, 0.2) is 0 Å². The molecule has 0 fully saturated rings. The lowest BCUT2D eigenvalue weighted by molar-refractivity contribution is -0.147. The molecule has 3 rings (SSSR count). The monoisotopic (exact) mass is 414 g/mol. The van der Waals surface area contributed by atoms with Crippen LogP contribution in [0.1, 0.15) is 46.1 Å². The fourth-order valence-corrected chi connectivity index (χ4v) is 3.84. The molecule has 0 amide bonds. The molecule has 0 spiro atoms. The Morgan fingerprint density at radius 1 is 1.17 bits per heavy atom. The number of carbonyl (C=O) groups is 1. The van der Waals surface area contributed by atoms with E-state index in [4.69, 9.17) is 9.47 Å². The average molecular weight is 415 g/mol. The lowest BCUT2D eigenvalue weighted by Gasteiger charge is -2.14. The lowest BCUT2D eigenvalue weighted by atomic mass is 10.1. The van der Waals surface area contributed by atoms with Gasteiger partial charge in [-0.2, -0.15) is 0 Å². The summed E-state index contributed by atoms with van der Waals surface area (Å²) < 4.78 is 12.3. The van der Waals surface area contributed by atoms with Crippen LogP contribution in [0.15, 0.2) is 40.8 Å². The Balaban J connectivity index is 1.92. The molecule has 0 saturated carbocycles. The molecular formula is C22H26N2O4S. The van der Waals surface area contributed by atoms with Crippen molar-refractivity contribution in [1.82, 2.24) is 9.55 Å². The molecular weight excluding hydrogens is 388 g/mol. The summed E-state index contributed by atoms with van der Waals surface area (Å²) in [6.45, 7) is 6.78. The zero-order valence-electron chi connectivity index (χ0n) is 17.0. The molecule has 1 aromatic carbocycles. The molecule has 0 saturated heterocycles. The van der Waals surface area contributed by atoms with Crippen LogP contribution in [0.2, 0.25) is 0 Å². The molecule has 0 N–H and O–H groups in total. The molecule has 0 aliphatic rings. The van der Waals surface area contributed by atoms with E-state index < -0.39 is 12.0 Å². The Morgan fingerprint density at radius 2 is 1.93 bits per heavy atom. The highest BCUT2D eigenvalue weighted by Crippen LogP contribution is 2.32. The van der Waals surface area contributed by atoms with Gasteiger partial charge >= 0.3 is 5.97 Å². The first-order chi connectivity index (χ1) is 14.1. The minimum absolute atomic E-state index is 0.238. The first kappa shape index (κ1) is 21.0. The predicted molar refractivity (Wildman–Crippen MR) is 116 cm³/mol. The highest BCUT2D eigenvalue weighted by Gasteiger charge is 2.21. The summed E-state index contributed by atoms with van der Waals surface area (Å²) in [6, 6.07) is 6.94. The maximum absolute atomic E-state index is 13.2. The topological polar surface area (TPSA) is 70.4 Å². The Morgan fingerprint density at radius 3 is 2.62 bits per heavy atom. The molecule has 154 valence electrons. The van der Waals surface area contributed by atoms with E-state index in [0.717, 1.165) is 36.1 Å². The van der Waals surface area contributed by atoms with Crippen molar-refractivity contribution in [3.8, 4) is 16.9 Å². The van der Waals surface area contributed by atoms with Crippen molar-refractivity contribution >= 4 is 27.5 Å². The second kappa shape index (κ2) is 9.69. The quantitative estimate of drug-likeness (QED) is 0.371. The van der Waals surface area contributed by atoms with E-state index in [1.807, 2.05) is 36.6 Å². The molecule has 3 aromatic rings. The Hall–Kier alpha value is -2.67. The van der Waals surface area contributed by atoms with Crippen LogP contribution in [0.25, 0.3) is 21.3 Å². The predicted octanol–water partition coefficient (Wildman–Crippen LogP) is 4.82. The second-order valence-electron chi connectivity index (χ2n) is 6.86. The van der Waals surface area contributed by atoms with E-state index in [1.165, 1.54) is 22.2 Å². The Labute approximate surface area is 174 Å². The zero-order chi connectivity index (χ0) is 20.8. The van der Waals surface area contributed by atoms with Crippen LogP contribution in [-0.4, -0.2) is 28.7 Å². The van der Waals surface area contributed by atoms with E-state index in [1.54, 1.807) is 6.92 Å². The highest BCUT2D eigenvalue weighted by atomic mass is 32.1. The van der Waals surface area contributed by atoms with Crippen molar-refractivity contribution in [2.45, 2.75) is 46.1 Å². The van der Waals surface area contributed by atoms with Crippen molar-refractivity contribution in [2.75, 3.05) is 13.2 Å². The van der Waals surface area contributed by atoms with Gasteiger partial charge in [-0.3, -0.25) is 9.36 Å². The minimum Gasteiger partial charge on any atom is -0.494 e. The van der Waals surface area contributed by atoms with Crippen LogP contribution < -0.4 is 10.3 Å². The number of unbranched alkanes of at least 4 members (excludes halogenated alkanes) is 1. The molecule has 1 unspecified atom stereocenters. The first-order valence-electron chi connectivity index (χ1n) is 9.95. The van der Waals surface area contributed by atoms with Gasteiger partial charge in [0.25, 0.3) is 5.56 Å². The van der Waals surface area contributed by atoms with Crippen LogP contribution in [0.3, 0.4) is 0 Å². The normalized spacial score (nSPS) is 12.1. The Bertz CT molecular complexity index is 1020. The summed E-state index contributed by atoms with van der Waals surface area (Å²) in [6.07, 6.45) is 4.12. The van der Waals surface area contributed by atoms with Gasteiger partial charge in [0.1, 0.15) is 16.6 Å². The van der Waals surface area contributed by atoms with E-state index in [-0.39, 0.29) is 5.56 Å². The van der Waals surface area contributed by atoms with Crippen molar-refractivity contribution in [3.05, 3.63) is 46.3 Å². The number of hydrogen-bond acceptors (Lipinski definition) is 6. The third kappa shape index (κ3) is 4.67. The fraction of sp³-hybridized carbons (Fsp3) is 0.409. The number of fused-ring (bicyclic) bond motifs is 1. The molecule has 0 bridgehead atoms. The summed E-state index contributed by atoms with van der Waals surface area (Å²) in [7, 11) is 0. The minimum atomic E-state index is -0.728. The van der Waals surface area contributed by atoms with Crippen LogP contribution in [0.4, 0.5) is 0 Å². The van der Waals surface area contributed by atoms with Crippen molar-refractivity contribution in [2.24, 2.45) is 0 Å². The van der Waals surface area contributed by atoms with Gasteiger partial charge in [-0.15, -0.1) is 11.3 Å². The SMILES string of the molecule is CCCCOC(=O)C(C)n1cnc2scc(-c3ccc(OCCC)cc3)c2c1=O. The summed E-state index contributed by atoms with van der Waals surface area (Å²) in [5.41, 5.74) is 1.48. The largest absolute Gasteiger partial charge is 0.494 e. The van der Waals surface area contributed by atoms with Crippen LogP contribution in [-0.2, 0) is 9.53 Å². The maximum atomic E-state index is 13.2. The van der Waals surface area contributed by atoms with Crippen LogP contribution in [0, 0.1) is 0 Å². The fourth-order valence-electron chi connectivity index (χ4n) is 2.94. The summed E-state index contributed by atoms with van der Waals surface area (Å²) in [4.78, 5) is 30.5. The molecule has 2 aromatic heterocycles. The lowest BCUT2D eigenvalue weighted by Crippen LogP contribution is -2.29. The van der Waals surface area contributed by atoms with Crippen LogP contribution >= 0.6 is 11.3 Å². The number of benzene rings is 1. The number of hydrogen-bond donors (Lipinski definition) is 0. The third-order valence-corrected chi connectivity index (χ3v) is 5.54. The Kier molecular flexibility index (Phi) is 7.04. The maximum Gasteiger partial charge on any atom is 0.328 e. The smallest absolute Gasteiger partial charge is 0.328 e. The summed E-state index contributed by atoms with van der Waals surface area (Å²) in [5, 5.41) is 2.45. The van der Waals surface area contributed by atoms with E-state index >= 15 is 0 Å². The van der Waals surface area contributed by atoms with Gasteiger partial charge in [-0.25, -0.2) is 9.78 Å². The summed E-state index contributed by atoms with van der Waals surface area (Å²) >= 11 is 1.41. The third-order valence-electron chi connectivity index (χ3n) is 4.66. The van der Waals surface area contributed by atoms with Crippen LogP contribution in [0.5, 0.6) is 5.75 Å². The van der Waals surface area contributed by atoms with Crippen molar-refractivity contribution < 1.29 is 14.3 Å². The second-order valence-corrected chi connectivity index (χ2v) is 7.71. The number of aromatic nitrogens is 2. The van der Waals surface area contributed by atoms with Gasteiger partial charge in [-0.05, 0) is 37.5 Å². The number of ether oxygens (including phenoxy) is 2. The zero-order valence-corrected chi connectivity index (χ0v) is 17.8. The number of esters is 1. The molecule has 1 atom stereocenters. The molecule has 0 aliphatic heterocycles. The van der Waals surface area contributed by atoms with E-state index in [0.29, 0.717) is 23.4 Å². The van der Waals surface area contributed by atoms with Gasteiger partial charge in [0.05, 0.1) is 24.9 Å². The van der Waals surface area contributed by atoms with Gasteiger partial charge < -0.3 is 9.47 Å². The van der Waals surface area contributed by atoms with E-state index in [9.17, 15) is 9.59 Å². The number of carbonyl (C=O) groups excluding carboxylic acids is 1. The standard InChI is InChI=1S/C22H26N2O4S/c1-4-6-12-28-22(26)15(3)24-14-23-20-19(21(24)25)18(13-29-20)16-7-9-17(10-8-16)27-11-5-2/h7-10,13-15H,4-6,11-12H2,1-3H3. The van der Waals surface area contributed by atoms with Gasteiger partial charge in [-0.1, -0.05) is 32.4 Å². The average Bonchev–Trinajstić information content (AvgIpc) is 3.17. The van der Waals surface area contributed by atoms with Gasteiger partial charge in [0.2, 0.25) is 0 Å². The van der Waals surface area contributed by atoms with Crippen molar-refractivity contribution in [1.29, 1.82) is 0 Å². The molecule has 6 nitrogen and oxygen atoms in total. The van der Waals surface area contributed by atoms with Gasteiger partial charge in [0, 0.05) is 10.9 Å². The van der Waals surface area contributed by atoms with E-state index in [2.05, 4.69) is 11.9 Å². The first-order valence-corrected chi connectivity index (χ1v) is 10.8. The summed E-state index contributed by atoms with van der Waals surface area (Å²) in [5.74, 6) is 0.380. The van der Waals surface area contributed by atoms with Crippen molar-refractivity contribution in [3.63, 3.8) is 0 Å².